The molecule has 5 heteroatoms. The maximum absolute atomic E-state index is 6.01. The maximum Gasteiger partial charge on any atom is 0.126 e. The summed E-state index contributed by atoms with van der Waals surface area (Å²) in [6, 6.07) is 16.4. The Kier molecular flexibility index (Phi) is 5.60. The van der Waals surface area contributed by atoms with Crippen LogP contribution in [0.1, 0.15) is 23.4 Å². The van der Waals surface area contributed by atoms with E-state index in [2.05, 4.69) is 38.8 Å². The fourth-order valence-electron chi connectivity index (χ4n) is 2.87. The average molecular weight is 375 g/mol. The van der Waals surface area contributed by atoms with Gasteiger partial charge in [-0.2, -0.15) is 0 Å². The molecule has 0 bridgehead atoms. The second-order valence-electron chi connectivity index (χ2n) is 6.25. The molecule has 0 unspecified atom stereocenters. The van der Waals surface area contributed by atoms with Gasteiger partial charge in [0.2, 0.25) is 0 Å². The number of hydrogen-bond donors (Lipinski definition) is 0. The quantitative estimate of drug-likeness (QED) is 0.381. The largest absolute Gasteiger partial charge is 0.493 e. The minimum Gasteiger partial charge on any atom is -0.493 e. The molecule has 2 aromatic heterocycles. The first kappa shape index (κ1) is 17.5. The van der Waals surface area contributed by atoms with Crippen LogP contribution < -0.4 is 4.74 Å². The molecule has 0 aliphatic rings. The monoisotopic (exact) mass is 375 g/mol. The Bertz CT molecular complexity index is 988. The number of para-hydroxylation sites is 2. The molecule has 0 N–H and O–H groups in total. The number of unbranched alkanes of at least 4 members (excludes halogenated alkanes) is 1. The number of thiazole rings is 1. The molecule has 4 nitrogen and oxygen atoms in total. The Labute approximate surface area is 162 Å². The Balaban J connectivity index is 1.35. The van der Waals surface area contributed by atoms with Crippen molar-refractivity contribution in [2.75, 3.05) is 6.61 Å². The van der Waals surface area contributed by atoms with E-state index in [9.17, 15) is 0 Å². The molecule has 0 aliphatic carbocycles. The van der Waals surface area contributed by atoms with Crippen LogP contribution >= 0.6 is 11.3 Å². The van der Waals surface area contributed by atoms with Crippen molar-refractivity contribution in [3.8, 4) is 5.75 Å². The number of nitrogens with zero attached hydrogens (tertiary/aromatic N) is 3. The normalized spacial score (nSPS) is 11.4. The first-order valence-electron chi connectivity index (χ1n) is 9.10. The van der Waals surface area contributed by atoms with Gasteiger partial charge in [-0.05, 0) is 43.2 Å². The second-order valence-corrected chi connectivity index (χ2v) is 7.31. The lowest BCUT2D eigenvalue weighted by atomic mass is 10.2. The van der Waals surface area contributed by atoms with Gasteiger partial charge in [-0.3, -0.25) is 0 Å². The van der Waals surface area contributed by atoms with Crippen LogP contribution in [-0.4, -0.2) is 21.1 Å². The summed E-state index contributed by atoms with van der Waals surface area (Å²) in [6.45, 7) is 1.68. The number of ether oxygens (including phenoxy) is 1. The maximum atomic E-state index is 6.01. The van der Waals surface area contributed by atoms with E-state index >= 15 is 0 Å². The first-order valence-corrected chi connectivity index (χ1v) is 9.91. The van der Waals surface area contributed by atoms with E-state index in [0.29, 0.717) is 6.61 Å². The minimum atomic E-state index is 0.709. The number of rotatable bonds is 8. The average Bonchev–Trinajstić information content (AvgIpc) is 3.36. The van der Waals surface area contributed by atoms with E-state index < -0.39 is 0 Å². The summed E-state index contributed by atoms with van der Waals surface area (Å²) in [5, 5.41) is 1.01. The van der Waals surface area contributed by atoms with Crippen LogP contribution in [0.15, 0.2) is 67.3 Å². The standard InChI is InChI=1S/C22H21N3OS/c1-3-9-20(26-16-6-5-14-25-15-13-23-17-25)18(7-1)11-12-22-24-19-8-2-4-10-21(19)27-22/h1-4,7-13,15,17H,5-6,14,16H2. The summed E-state index contributed by atoms with van der Waals surface area (Å²) in [7, 11) is 0. The minimum absolute atomic E-state index is 0.709. The molecule has 2 heterocycles. The third-order valence-electron chi connectivity index (χ3n) is 4.26. The van der Waals surface area contributed by atoms with Gasteiger partial charge in [0.05, 0.1) is 23.2 Å². The number of benzene rings is 2. The summed E-state index contributed by atoms with van der Waals surface area (Å²) in [6.07, 6.45) is 11.9. The summed E-state index contributed by atoms with van der Waals surface area (Å²) >= 11 is 1.70. The van der Waals surface area contributed by atoms with Gasteiger partial charge < -0.3 is 9.30 Å². The first-order chi connectivity index (χ1) is 13.4. The molecule has 0 atom stereocenters. The van der Waals surface area contributed by atoms with Crippen LogP contribution in [0, 0.1) is 0 Å². The van der Waals surface area contributed by atoms with E-state index in [1.165, 1.54) is 4.70 Å². The van der Waals surface area contributed by atoms with Gasteiger partial charge in [-0.15, -0.1) is 11.3 Å². The molecular weight excluding hydrogens is 354 g/mol. The summed E-state index contributed by atoms with van der Waals surface area (Å²) in [5.41, 5.74) is 2.12. The lowest BCUT2D eigenvalue weighted by Crippen LogP contribution is -2.01. The molecule has 0 amide bonds. The molecular formula is C22H21N3OS. The van der Waals surface area contributed by atoms with Crippen LogP contribution in [0.25, 0.3) is 22.4 Å². The Hall–Kier alpha value is -2.92. The Morgan fingerprint density at radius 3 is 2.78 bits per heavy atom. The van der Waals surface area contributed by atoms with Gasteiger partial charge >= 0.3 is 0 Å². The third kappa shape index (κ3) is 4.63. The third-order valence-corrected chi connectivity index (χ3v) is 5.26. The molecule has 0 spiro atoms. The molecule has 0 fully saturated rings. The Morgan fingerprint density at radius 2 is 1.89 bits per heavy atom. The number of hydrogen-bond acceptors (Lipinski definition) is 4. The van der Waals surface area contributed by atoms with Crippen molar-refractivity contribution < 1.29 is 4.74 Å². The Morgan fingerprint density at radius 1 is 1.00 bits per heavy atom. The summed E-state index contributed by atoms with van der Waals surface area (Å²) in [5.74, 6) is 0.914. The molecule has 0 saturated heterocycles. The van der Waals surface area contributed by atoms with Gasteiger partial charge in [0.1, 0.15) is 10.8 Å². The van der Waals surface area contributed by atoms with E-state index in [-0.39, 0.29) is 0 Å². The molecule has 0 aliphatic heterocycles. The lowest BCUT2D eigenvalue weighted by molar-refractivity contribution is 0.302. The number of aryl methyl sites for hydroxylation is 1. The van der Waals surface area contributed by atoms with Crippen molar-refractivity contribution in [1.82, 2.24) is 14.5 Å². The van der Waals surface area contributed by atoms with Gasteiger partial charge in [0, 0.05) is 24.5 Å². The highest BCUT2D eigenvalue weighted by molar-refractivity contribution is 7.19. The van der Waals surface area contributed by atoms with Crippen LogP contribution in [0.3, 0.4) is 0 Å². The van der Waals surface area contributed by atoms with Crippen molar-refractivity contribution in [3.05, 3.63) is 77.8 Å². The van der Waals surface area contributed by atoms with E-state index in [4.69, 9.17) is 4.74 Å². The number of aromatic nitrogens is 3. The topological polar surface area (TPSA) is 39.9 Å². The van der Waals surface area contributed by atoms with E-state index in [1.807, 2.05) is 55.1 Å². The predicted molar refractivity (Wildman–Crippen MR) is 112 cm³/mol. The van der Waals surface area contributed by atoms with Crippen molar-refractivity contribution in [3.63, 3.8) is 0 Å². The van der Waals surface area contributed by atoms with Crippen molar-refractivity contribution in [2.24, 2.45) is 0 Å². The SMILES string of the molecule is C(=Cc1ccccc1OCCCCn1ccnc1)c1nc2ccccc2s1. The predicted octanol–water partition coefficient (Wildman–Crippen LogP) is 5.52. The number of fused-ring (bicyclic) bond motifs is 1. The van der Waals surface area contributed by atoms with E-state index in [0.717, 1.165) is 41.2 Å². The van der Waals surface area contributed by atoms with Crippen LogP contribution in [-0.2, 0) is 6.54 Å². The molecule has 27 heavy (non-hydrogen) atoms. The molecule has 0 radical (unpaired) electrons. The zero-order valence-corrected chi connectivity index (χ0v) is 15.8. The highest BCUT2D eigenvalue weighted by Gasteiger charge is 2.02. The summed E-state index contributed by atoms with van der Waals surface area (Å²) in [4.78, 5) is 8.71. The van der Waals surface area contributed by atoms with Crippen molar-refractivity contribution in [2.45, 2.75) is 19.4 Å². The molecule has 4 aromatic rings. The lowest BCUT2D eigenvalue weighted by Gasteiger charge is -2.09. The highest BCUT2D eigenvalue weighted by atomic mass is 32.1. The van der Waals surface area contributed by atoms with Gasteiger partial charge in [-0.25, -0.2) is 9.97 Å². The van der Waals surface area contributed by atoms with Crippen LogP contribution in [0.4, 0.5) is 0 Å². The van der Waals surface area contributed by atoms with Crippen LogP contribution in [0.2, 0.25) is 0 Å². The van der Waals surface area contributed by atoms with Gasteiger partial charge in [0.25, 0.3) is 0 Å². The second kappa shape index (κ2) is 8.64. The van der Waals surface area contributed by atoms with E-state index in [1.54, 1.807) is 11.3 Å². The van der Waals surface area contributed by atoms with Crippen molar-refractivity contribution in [1.29, 1.82) is 0 Å². The van der Waals surface area contributed by atoms with Gasteiger partial charge in [0.15, 0.2) is 0 Å². The zero-order valence-electron chi connectivity index (χ0n) is 15.0. The fourth-order valence-corrected chi connectivity index (χ4v) is 3.74. The number of imidazole rings is 1. The van der Waals surface area contributed by atoms with Crippen LogP contribution in [0.5, 0.6) is 5.75 Å². The smallest absolute Gasteiger partial charge is 0.126 e. The zero-order chi connectivity index (χ0) is 18.3. The fraction of sp³-hybridized carbons (Fsp3) is 0.182. The molecule has 136 valence electrons. The molecule has 2 aromatic carbocycles. The molecule has 4 rings (SSSR count). The summed E-state index contributed by atoms with van der Waals surface area (Å²) < 4.78 is 9.31. The van der Waals surface area contributed by atoms with Crippen molar-refractivity contribution >= 4 is 33.7 Å². The van der Waals surface area contributed by atoms with Gasteiger partial charge in [-0.1, -0.05) is 30.3 Å². The molecule has 0 saturated carbocycles. The highest BCUT2D eigenvalue weighted by Crippen LogP contribution is 2.25.